The van der Waals surface area contributed by atoms with Gasteiger partial charge in [-0.1, -0.05) is 0 Å². The summed E-state index contributed by atoms with van der Waals surface area (Å²) in [6.07, 6.45) is 0.519. The Morgan fingerprint density at radius 2 is 2.25 bits per heavy atom. The number of carbonyl (C=O) groups is 1. The van der Waals surface area contributed by atoms with Crippen molar-refractivity contribution in [3.8, 4) is 0 Å². The van der Waals surface area contributed by atoms with Crippen LogP contribution in [0.5, 0.6) is 0 Å². The summed E-state index contributed by atoms with van der Waals surface area (Å²) in [4.78, 5) is 17.7. The first-order valence-electron chi connectivity index (χ1n) is 5.41. The molecule has 0 radical (unpaired) electrons. The van der Waals surface area contributed by atoms with Crippen LogP contribution >= 0.6 is 0 Å². The van der Waals surface area contributed by atoms with Gasteiger partial charge in [0.15, 0.2) is 0 Å². The third-order valence-corrected chi connectivity index (χ3v) is 2.75. The summed E-state index contributed by atoms with van der Waals surface area (Å²) in [5.74, 6) is 0.998. The molecular formula is C11H16N4O. The number of hydrogen-bond donors (Lipinski definition) is 2. The number of anilines is 2. The maximum atomic E-state index is 11.2. The van der Waals surface area contributed by atoms with Crippen LogP contribution in [0.25, 0.3) is 0 Å². The Bertz CT molecular complexity index is 405. The summed E-state index contributed by atoms with van der Waals surface area (Å²) in [5, 5.41) is 2.84. The van der Waals surface area contributed by atoms with Crippen molar-refractivity contribution in [2.45, 2.75) is 13.3 Å². The van der Waals surface area contributed by atoms with Gasteiger partial charge in [0, 0.05) is 26.1 Å². The number of rotatable bonds is 1. The first-order valence-corrected chi connectivity index (χ1v) is 5.41. The first kappa shape index (κ1) is 10.7. The molecule has 5 heteroatoms. The van der Waals surface area contributed by atoms with Crippen LogP contribution in [0.2, 0.25) is 0 Å². The van der Waals surface area contributed by atoms with E-state index in [2.05, 4.69) is 15.2 Å². The highest BCUT2D eigenvalue weighted by molar-refractivity contribution is 5.77. The predicted octanol–water partition coefficient (Wildman–Crippen LogP) is 0.299. The van der Waals surface area contributed by atoms with Gasteiger partial charge in [0.25, 0.3) is 0 Å². The summed E-state index contributed by atoms with van der Waals surface area (Å²) in [5.41, 5.74) is 7.26. The topological polar surface area (TPSA) is 71.2 Å². The molecule has 1 aliphatic heterocycles. The molecule has 3 N–H and O–H groups in total. The van der Waals surface area contributed by atoms with Crippen LogP contribution in [0.3, 0.4) is 0 Å². The second-order valence-corrected chi connectivity index (χ2v) is 3.93. The lowest BCUT2D eigenvalue weighted by atomic mass is 10.3. The van der Waals surface area contributed by atoms with E-state index in [9.17, 15) is 4.79 Å². The van der Waals surface area contributed by atoms with E-state index in [1.54, 1.807) is 0 Å². The van der Waals surface area contributed by atoms with Crippen molar-refractivity contribution >= 4 is 17.4 Å². The van der Waals surface area contributed by atoms with E-state index in [-0.39, 0.29) is 5.91 Å². The van der Waals surface area contributed by atoms with Gasteiger partial charge in [0.2, 0.25) is 5.91 Å². The van der Waals surface area contributed by atoms with Crippen molar-refractivity contribution < 1.29 is 4.79 Å². The average molecular weight is 220 g/mol. The molecule has 1 amide bonds. The minimum Gasteiger partial charge on any atom is -0.397 e. The normalized spacial score (nSPS) is 16.8. The monoisotopic (exact) mass is 220 g/mol. The van der Waals surface area contributed by atoms with Crippen molar-refractivity contribution in [3.05, 3.63) is 17.8 Å². The van der Waals surface area contributed by atoms with E-state index in [0.717, 1.165) is 18.1 Å². The number of amides is 1. The quantitative estimate of drug-likeness (QED) is 0.714. The van der Waals surface area contributed by atoms with Gasteiger partial charge in [-0.3, -0.25) is 4.79 Å². The van der Waals surface area contributed by atoms with E-state index >= 15 is 0 Å². The molecule has 1 fully saturated rings. The number of nitrogens with one attached hydrogen (secondary N) is 1. The summed E-state index contributed by atoms with van der Waals surface area (Å²) in [6, 6.07) is 3.76. The van der Waals surface area contributed by atoms with Gasteiger partial charge >= 0.3 is 0 Å². The number of nitrogen functional groups attached to an aromatic ring is 1. The van der Waals surface area contributed by atoms with Crippen LogP contribution in [-0.2, 0) is 4.79 Å². The third-order valence-electron chi connectivity index (χ3n) is 2.75. The highest BCUT2D eigenvalue weighted by Crippen LogP contribution is 2.16. The second kappa shape index (κ2) is 4.38. The minimum atomic E-state index is 0.106. The first-order chi connectivity index (χ1) is 7.66. The second-order valence-electron chi connectivity index (χ2n) is 3.93. The number of hydrogen-bond acceptors (Lipinski definition) is 4. The molecule has 0 atom stereocenters. The van der Waals surface area contributed by atoms with Crippen LogP contribution in [0.4, 0.5) is 11.5 Å². The van der Waals surface area contributed by atoms with Gasteiger partial charge in [-0.15, -0.1) is 0 Å². The van der Waals surface area contributed by atoms with Gasteiger partial charge in [-0.25, -0.2) is 4.98 Å². The summed E-state index contributed by atoms with van der Waals surface area (Å²) in [6.45, 7) is 4.06. The van der Waals surface area contributed by atoms with Gasteiger partial charge in [-0.2, -0.15) is 0 Å². The van der Waals surface area contributed by atoms with Crippen molar-refractivity contribution in [2.75, 3.05) is 30.3 Å². The van der Waals surface area contributed by atoms with Gasteiger partial charge in [0.05, 0.1) is 11.4 Å². The molecule has 0 saturated carbocycles. The Labute approximate surface area is 94.6 Å². The van der Waals surface area contributed by atoms with Crippen molar-refractivity contribution in [1.82, 2.24) is 10.3 Å². The van der Waals surface area contributed by atoms with E-state index in [4.69, 9.17) is 5.73 Å². The fourth-order valence-electron chi connectivity index (χ4n) is 1.73. The Morgan fingerprint density at radius 1 is 1.44 bits per heavy atom. The van der Waals surface area contributed by atoms with Crippen LogP contribution in [-0.4, -0.2) is 30.5 Å². The van der Waals surface area contributed by atoms with Crippen LogP contribution < -0.4 is 16.0 Å². The summed E-state index contributed by atoms with van der Waals surface area (Å²) >= 11 is 0. The van der Waals surface area contributed by atoms with Gasteiger partial charge in [-0.05, 0) is 19.1 Å². The maximum Gasteiger partial charge on any atom is 0.221 e. The maximum absolute atomic E-state index is 11.2. The van der Waals surface area contributed by atoms with Gasteiger partial charge in [0.1, 0.15) is 5.82 Å². The van der Waals surface area contributed by atoms with Crippen molar-refractivity contribution in [2.24, 2.45) is 0 Å². The molecule has 0 unspecified atom stereocenters. The Hall–Kier alpha value is -1.78. The highest BCUT2D eigenvalue weighted by atomic mass is 16.1. The zero-order valence-corrected chi connectivity index (χ0v) is 9.36. The summed E-state index contributed by atoms with van der Waals surface area (Å²) in [7, 11) is 0. The number of aryl methyl sites for hydroxylation is 1. The smallest absolute Gasteiger partial charge is 0.221 e. The van der Waals surface area contributed by atoms with Crippen LogP contribution in [0.15, 0.2) is 12.1 Å². The number of nitrogens with zero attached hydrogens (tertiary/aromatic N) is 2. The molecule has 0 bridgehead atoms. The molecule has 0 aliphatic carbocycles. The third kappa shape index (κ3) is 2.24. The molecule has 0 aromatic carbocycles. The minimum absolute atomic E-state index is 0.106. The Balaban J connectivity index is 2.16. The molecule has 1 aliphatic rings. The molecule has 2 heterocycles. The Morgan fingerprint density at radius 3 is 3.00 bits per heavy atom. The molecule has 1 aromatic heterocycles. The molecule has 1 saturated heterocycles. The number of aromatic nitrogens is 1. The summed E-state index contributed by atoms with van der Waals surface area (Å²) < 4.78 is 0. The molecule has 5 nitrogen and oxygen atoms in total. The SMILES string of the molecule is Cc1nc(N2CCNC(=O)CC2)ccc1N. The zero-order chi connectivity index (χ0) is 11.5. The zero-order valence-electron chi connectivity index (χ0n) is 9.36. The van der Waals surface area contributed by atoms with Gasteiger partial charge < -0.3 is 16.0 Å². The lowest BCUT2D eigenvalue weighted by molar-refractivity contribution is -0.120. The lowest BCUT2D eigenvalue weighted by Gasteiger charge is -2.21. The lowest BCUT2D eigenvalue weighted by Crippen LogP contribution is -2.29. The fourth-order valence-corrected chi connectivity index (χ4v) is 1.73. The van der Waals surface area contributed by atoms with Crippen molar-refractivity contribution in [1.29, 1.82) is 0 Å². The standard InChI is InChI=1S/C11H16N4O/c1-8-9(12)2-3-10(14-8)15-6-4-11(16)13-5-7-15/h2-3H,4-7,12H2,1H3,(H,13,16). The van der Waals surface area contributed by atoms with Crippen molar-refractivity contribution in [3.63, 3.8) is 0 Å². The molecule has 1 aromatic rings. The largest absolute Gasteiger partial charge is 0.397 e. The van der Waals surface area contributed by atoms with E-state index in [1.807, 2.05) is 19.1 Å². The average Bonchev–Trinajstić information content (AvgIpc) is 2.47. The highest BCUT2D eigenvalue weighted by Gasteiger charge is 2.14. The van der Waals surface area contributed by atoms with E-state index < -0.39 is 0 Å². The van der Waals surface area contributed by atoms with E-state index in [0.29, 0.717) is 25.2 Å². The number of pyridine rings is 1. The number of carbonyl (C=O) groups excluding carboxylic acids is 1. The van der Waals surface area contributed by atoms with Crippen LogP contribution in [0.1, 0.15) is 12.1 Å². The Kier molecular flexibility index (Phi) is 2.94. The molecule has 2 rings (SSSR count). The number of nitrogens with two attached hydrogens (primary N) is 1. The molecular weight excluding hydrogens is 204 g/mol. The fraction of sp³-hybridized carbons (Fsp3) is 0.455. The molecule has 16 heavy (non-hydrogen) atoms. The predicted molar refractivity (Wildman–Crippen MR) is 63.2 cm³/mol. The van der Waals surface area contributed by atoms with Crippen LogP contribution in [0, 0.1) is 6.92 Å². The van der Waals surface area contributed by atoms with E-state index in [1.165, 1.54) is 0 Å². The molecule has 0 spiro atoms. The molecule has 86 valence electrons.